The Morgan fingerprint density at radius 1 is 0.548 bits per heavy atom. The zero-order valence-corrected chi connectivity index (χ0v) is 23.4. The Labute approximate surface area is 257 Å². The maximum atomic E-state index is 7.58. The summed E-state index contributed by atoms with van der Waals surface area (Å²) in [7, 11) is 0. The Morgan fingerprint density at radius 2 is 1.29 bits per heavy atom. The van der Waals surface area contributed by atoms with Gasteiger partial charge in [-0.1, -0.05) is 158 Å². The second kappa shape index (κ2) is 15.6. The van der Waals surface area contributed by atoms with E-state index in [9.17, 15) is 0 Å². The van der Waals surface area contributed by atoms with E-state index in [2.05, 4.69) is 36.4 Å². The van der Waals surface area contributed by atoms with Crippen molar-refractivity contribution in [1.29, 1.82) is 0 Å². The van der Waals surface area contributed by atoms with Gasteiger partial charge in [-0.25, -0.2) is 0 Å². The average molecular weight is 551 g/mol. The largest absolute Gasteiger partial charge is 0.464 e. The van der Waals surface area contributed by atoms with Crippen LogP contribution in [0.5, 0.6) is 0 Å². The van der Waals surface area contributed by atoms with Crippen LogP contribution in [-0.2, 0) is 12.8 Å². The van der Waals surface area contributed by atoms with E-state index in [-0.39, 0.29) is 0 Å². The molecule has 1 heteroatoms. The SMILES string of the molecule is C1=Cc2cc3c(cc2C1)CC=C3.[2H]C1=CCC=C1.[2H]c1cc([2H])c2ccccc2c1.[2H]c1ccc2ccoc2c1.[2H]c1cccc([2H])c1. The summed E-state index contributed by atoms with van der Waals surface area (Å²) in [5.41, 5.74) is 6.61. The van der Waals surface area contributed by atoms with Crippen LogP contribution in [0.1, 0.15) is 36.9 Å². The number of fused-ring (bicyclic) bond motifs is 4. The van der Waals surface area contributed by atoms with Gasteiger partial charge in [-0.2, -0.15) is 0 Å². The van der Waals surface area contributed by atoms with Gasteiger partial charge in [0, 0.05) is 5.39 Å². The van der Waals surface area contributed by atoms with E-state index in [1.54, 1.807) is 54.8 Å². The van der Waals surface area contributed by atoms with Crippen molar-refractivity contribution in [3.63, 3.8) is 0 Å². The van der Waals surface area contributed by atoms with Crippen LogP contribution < -0.4 is 0 Å². The molecule has 0 N–H and O–H groups in total. The third-order valence-electron chi connectivity index (χ3n) is 6.62. The highest BCUT2D eigenvalue weighted by Gasteiger charge is 2.11. The van der Waals surface area contributed by atoms with Crippen LogP contribution >= 0.6 is 0 Å². The van der Waals surface area contributed by atoms with E-state index in [1.807, 2.05) is 48.6 Å². The summed E-state index contributed by atoms with van der Waals surface area (Å²) in [4.78, 5) is 0. The average Bonchev–Trinajstić information content (AvgIpc) is 3.89. The fourth-order valence-electron chi connectivity index (χ4n) is 4.52. The summed E-state index contributed by atoms with van der Waals surface area (Å²) >= 11 is 0. The van der Waals surface area contributed by atoms with E-state index in [0.717, 1.165) is 41.0 Å². The smallest absolute Gasteiger partial charge is 0.133 e. The molecule has 1 heterocycles. The Kier molecular flexibility index (Phi) is 8.02. The summed E-state index contributed by atoms with van der Waals surface area (Å²) in [6.07, 6.45) is 19.4. The van der Waals surface area contributed by atoms with Gasteiger partial charge in [-0.3, -0.25) is 0 Å². The summed E-state index contributed by atoms with van der Waals surface area (Å²) in [5.74, 6) is 0. The van der Waals surface area contributed by atoms with Crippen LogP contribution in [0, 0.1) is 0 Å². The van der Waals surface area contributed by atoms with Crippen LogP contribution in [0.15, 0.2) is 174 Å². The van der Waals surface area contributed by atoms with Crippen molar-refractivity contribution in [2.75, 3.05) is 0 Å². The highest BCUT2D eigenvalue weighted by Crippen LogP contribution is 2.28. The van der Waals surface area contributed by atoms with Crippen molar-refractivity contribution in [2.24, 2.45) is 0 Å². The second-order valence-corrected chi connectivity index (χ2v) is 9.55. The van der Waals surface area contributed by atoms with E-state index >= 15 is 0 Å². The van der Waals surface area contributed by atoms with Crippen LogP contribution in [0.25, 0.3) is 33.9 Å². The zero-order valence-electron chi connectivity index (χ0n) is 29.4. The van der Waals surface area contributed by atoms with Crippen LogP contribution in [0.3, 0.4) is 0 Å². The first-order valence-electron chi connectivity index (χ1n) is 17.0. The number of furan rings is 1. The van der Waals surface area contributed by atoms with Crippen molar-refractivity contribution < 1.29 is 12.6 Å². The lowest BCUT2D eigenvalue weighted by Gasteiger charge is -2.03. The Balaban J connectivity index is 0.000000120. The molecule has 1 aromatic heterocycles. The van der Waals surface area contributed by atoms with Gasteiger partial charge in [0.2, 0.25) is 0 Å². The molecule has 0 aliphatic heterocycles. The number of hydrogen-bond acceptors (Lipinski definition) is 1. The molecule has 0 unspecified atom stereocenters. The molecular formula is C41H36O. The molecule has 42 heavy (non-hydrogen) atoms. The first-order valence-corrected chi connectivity index (χ1v) is 14.0. The first-order chi connectivity index (χ1) is 23.2. The van der Waals surface area contributed by atoms with Gasteiger partial charge >= 0.3 is 0 Å². The molecule has 0 radical (unpaired) electrons. The Morgan fingerprint density at radius 3 is 1.95 bits per heavy atom. The standard InChI is InChI=1S/C12H10.C10H8.C8H6O.C6H6.C5H6/c1-3-9-7-11-5-2-6-12(11)8-10(9)4-1;1-2-6-10-8-4-3-7-9(10)5-1;1-2-4-8-7(3-1)5-6-9-8;1-2-4-6-5-3-1;1-2-4-5-3-1/h1-3,5,7-8H,4,6H2;1-8H;1-6H;1-6H;1-4H,5H2/i;1D,6D;2D;1D,4D;1D. The molecule has 9 rings (SSSR count). The Hall–Kier alpha value is -5.14. The summed E-state index contributed by atoms with van der Waals surface area (Å²) < 4.78 is 48.3. The van der Waals surface area contributed by atoms with E-state index in [0.29, 0.717) is 36.3 Å². The van der Waals surface area contributed by atoms with Crippen molar-refractivity contribution in [1.82, 2.24) is 0 Å². The van der Waals surface area contributed by atoms with Crippen molar-refractivity contribution in [2.45, 2.75) is 19.3 Å². The predicted octanol–water partition coefficient (Wildman–Crippen LogP) is 11.3. The van der Waals surface area contributed by atoms with Gasteiger partial charge in [0.15, 0.2) is 0 Å². The minimum atomic E-state index is 0.400. The van der Waals surface area contributed by atoms with Gasteiger partial charge in [0.05, 0.1) is 14.5 Å². The molecular weight excluding hydrogens is 508 g/mol. The van der Waals surface area contributed by atoms with Crippen LogP contribution in [0.4, 0.5) is 0 Å². The molecule has 0 atom stereocenters. The molecule has 206 valence electrons. The minimum absolute atomic E-state index is 0.400. The molecule has 0 saturated heterocycles. The minimum Gasteiger partial charge on any atom is -0.464 e. The monoisotopic (exact) mass is 550 g/mol. The van der Waals surface area contributed by atoms with Crippen LogP contribution in [-0.4, -0.2) is 0 Å². The number of benzene rings is 5. The van der Waals surface area contributed by atoms with Crippen molar-refractivity contribution in [3.05, 3.63) is 192 Å². The van der Waals surface area contributed by atoms with Gasteiger partial charge in [0.1, 0.15) is 5.58 Å². The lowest BCUT2D eigenvalue weighted by Crippen LogP contribution is -1.87. The lowest BCUT2D eigenvalue weighted by atomic mass is 10.0. The summed E-state index contributed by atoms with van der Waals surface area (Å²) in [6, 6.07) is 32.1. The van der Waals surface area contributed by atoms with E-state index in [4.69, 9.17) is 12.6 Å². The van der Waals surface area contributed by atoms with Gasteiger partial charge in [-0.15, -0.1) is 0 Å². The van der Waals surface area contributed by atoms with Gasteiger partial charge in [0.25, 0.3) is 0 Å². The maximum Gasteiger partial charge on any atom is 0.133 e. The highest BCUT2D eigenvalue weighted by molar-refractivity contribution is 5.82. The topological polar surface area (TPSA) is 13.1 Å². The normalized spacial score (nSPS) is 14.8. The molecule has 0 amide bonds. The Bertz CT molecular complexity index is 2080. The lowest BCUT2D eigenvalue weighted by molar-refractivity contribution is 0.616. The maximum absolute atomic E-state index is 7.58. The molecule has 0 saturated carbocycles. The predicted molar refractivity (Wildman–Crippen MR) is 181 cm³/mol. The van der Waals surface area contributed by atoms with Crippen molar-refractivity contribution in [3.8, 4) is 0 Å². The second-order valence-electron chi connectivity index (χ2n) is 9.55. The fourth-order valence-corrected chi connectivity index (χ4v) is 4.52. The molecule has 3 aliphatic rings. The van der Waals surface area contributed by atoms with E-state index in [1.165, 1.54) is 28.3 Å². The summed E-state index contributed by atoms with van der Waals surface area (Å²) in [5, 5.41) is 2.93. The molecule has 0 bridgehead atoms. The van der Waals surface area contributed by atoms with Gasteiger partial charge in [-0.05, 0) is 70.5 Å². The highest BCUT2D eigenvalue weighted by atomic mass is 16.3. The molecule has 3 aliphatic carbocycles. The van der Waals surface area contributed by atoms with Crippen LogP contribution in [0.2, 0.25) is 0 Å². The van der Waals surface area contributed by atoms with E-state index < -0.39 is 0 Å². The number of para-hydroxylation sites is 1. The number of hydrogen-bond donors (Lipinski definition) is 0. The fraction of sp³-hybridized carbons (Fsp3) is 0.0732. The summed E-state index contributed by atoms with van der Waals surface area (Å²) in [6.45, 7) is 0. The molecule has 0 fully saturated rings. The molecule has 5 aromatic carbocycles. The van der Waals surface area contributed by atoms with Crippen molar-refractivity contribution >= 4 is 33.9 Å². The third-order valence-corrected chi connectivity index (χ3v) is 6.62. The first kappa shape index (κ1) is 21.6. The number of rotatable bonds is 0. The number of allylic oxidation sites excluding steroid dienone is 6. The quantitative estimate of drug-likeness (QED) is 0.183. The zero-order chi connectivity index (χ0) is 33.9. The molecule has 0 spiro atoms. The third kappa shape index (κ3) is 8.43. The van der Waals surface area contributed by atoms with Gasteiger partial charge < -0.3 is 4.42 Å². The molecule has 1 nitrogen and oxygen atoms in total. The molecule has 6 aromatic rings.